The number of hydrogen-bond donors (Lipinski definition) is 3. The lowest BCUT2D eigenvalue weighted by Gasteiger charge is -2.20. The maximum Gasteiger partial charge on any atom is 0.233 e. The summed E-state index contributed by atoms with van der Waals surface area (Å²) in [6, 6.07) is 7.68. The Morgan fingerprint density at radius 3 is 3.05 bits per heavy atom. The molecule has 0 saturated heterocycles. The summed E-state index contributed by atoms with van der Waals surface area (Å²) >= 11 is 0. The fourth-order valence-electron chi connectivity index (χ4n) is 2.17. The molecule has 1 heterocycles. The van der Waals surface area contributed by atoms with E-state index in [9.17, 15) is 9.90 Å². The van der Waals surface area contributed by atoms with Gasteiger partial charge in [-0.25, -0.2) is 0 Å². The Morgan fingerprint density at radius 1 is 1.48 bits per heavy atom. The Kier molecular flexibility index (Phi) is 5.19. The minimum absolute atomic E-state index is 0.0808. The summed E-state index contributed by atoms with van der Waals surface area (Å²) in [6.45, 7) is 0.805. The number of rotatable bonds is 7. The van der Waals surface area contributed by atoms with Crippen LogP contribution in [0.2, 0.25) is 0 Å². The second-order valence-electron chi connectivity index (χ2n) is 5.03. The molecule has 1 aromatic heterocycles. The lowest BCUT2D eigenvalue weighted by Crippen LogP contribution is -2.39. The van der Waals surface area contributed by atoms with Crippen molar-refractivity contribution in [3.63, 3.8) is 0 Å². The quantitative estimate of drug-likeness (QED) is 0.697. The number of carbonyl (C=O) groups excluding carboxylic acids is 1. The molecular weight excluding hydrogens is 270 g/mol. The Bertz CT molecular complexity index is 597. The number of hydrogen-bond acceptors (Lipinski definition) is 4. The normalized spacial score (nSPS) is 12.6. The number of nitrogens with zero attached hydrogens (tertiary/aromatic N) is 1. The minimum atomic E-state index is -0.658. The zero-order valence-corrected chi connectivity index (χ0v) is 12.3. The lowest BCUT2D eigenvalue weighted by molar-refractivity contribution is -0.121. The molecule has 0 radical (unpaired) electrons. The molecule has 2 rings (SSSR count). The van der Waals surface area contributed by atoms with Crippen LogP contribution in [0, 0.1) is 0 Å². The largest absolute Gasteiger partial charge is 0.490 e. The van der Waals surface area contributed by atoms with E-state index in [2.05, 4.69) is 10.3 Å². The van der Waals surface area contributed by atoms with Crippen LogP contribution in [0.25, 0.3) is 10.9 Å². The number of benzene rings is 1. The fourth-order valence-corrected chi connectivity index (χ4v) is 2.17. The molecule has 21 heavy (non-hydrogen) atoms. The zero-order chi connectivity index (χ0) is 15.2. The predicted octanol–water partition coefficient (Wildman–Crippen LogP) is 0.585. The van der Waals surface area contributed by atoms with Crippen molar-refractivity contribution in [3.8, 4) is 5.75 Å². The van der Waals surface area contributed by atoms with Crippen molar-refractivity contribution in [3.05, 3.63) is 30.5 Å². The van der Waals surface area contributed by atoms with E-state index < -0.39 is 6.10 Å². The van der Waals surface area contributed by atoms with Crippen molar-refractivity contribution >= 4 is 16.8 Å². The average molecular weight is 291 g/mol. The molecule has 6 nitrogen and oxygen atoms in total. The van der Waals surface area contributed by atoms with E-state index in [1.54, 1.807) is 19.0 Å². The summed E-state index contributed by atoms with van der Waals surface area (Å²) < 4.78 is 5.67. The molecular formula is C15H21N3O3. The Balaban J connectivity index is 1.85. The van der Waals surface area contributed by atoms with Crippen LogP contribution in [0.15, 0.2) is 30.5 Å². The van der Waals surface area contributed by atoms with Gasteiger partial charge in [0.05, 0.1) is 6.54 Å². The number of likely N-dealkylation sites (N-methyl/N-ethyl adjacent to an activating group) is 2. The Hall–Kier alpha value is -2.05. The molecule has 0 spiro atoms. The smallest absolute Gasteiger partial charge is 0.233 e. The highest BCUT2D eigenvalue weighted by molar-refractivity contribution is 5.85. The van der Waals surface area contributed by atoms with Crippen LogP contribution in [-0.2, 0) is 4.79 Å². The summed E-state index contributed by atoms with van der Waals surface area (Å²) in [6.07, 6.45) is 1.19. The van der Waals surface area contributed by atoms with Gasteiger partial charge in [0.1, 0.15) is 18.5 Å². The minimum Gasteiger partial charge on any atom is -0.490 e. The van der Waals surface area contributed by atoms with E-state index in [4.69, 9.17) is 4.74 Å². The summed E-state index contributed by atoms with van der Waals surface area (Å²) in [7, 11) is 3.37. The van der Waals surface area contributed by atoms with Crippen LogP contribution in [-0.4, -0.2) is 60.8 Å². The van der Waals surface area contributed by atoms with Crippen molar-refractivity contribution in [1.82, 2.24) is 15.2 Å². The van der Waals surface area contributed by atoms with Gasteiger partial charge in [0, 0.05) is 30.7 Å². The highest BCUT2D eigenvalue weighted by Crippen LogP contribution is 2.24. The van der Waals surface area contributed by atoms with Gasteiger partial charge >= 0.3 is 0 Å². The van der Waals surface area contributed by atoms with E-state index in [-0.39, 0.29) is 19.1 Å². The number of nitrogens with one attached hydrogen (secondary N) is 2. The third-order valence-corrected chi connectivity index (χ3v) is 3.20. The SMILES string of the molecule is CNC(=O)CN(C)C[C@@H](O)COc1cccc2[nH]ccc12. The monoisotopic (exact) mass is 291 g/mol. The van der Waals surface area contributed by atoms with Crippen molar-refractivity contribution < 1.29 is 14.6 Å². The van der Waals surface area contributed by atoms with Gasteiger partial charge in [-0.2, -0.15) is 0 Å². The third kappa shape index (κ3) is 4.21. The summed E-state index contributed by atoms with van der Waals surface area (Å²) in [5, 5.41) is 13.5. The molecule has 114 valence electrons. The number of H-pyrrole nitrogens is 1. The molecule has 1 aromatic carbocycles. The molecule has 0 aliphatic rings. The number of aliphatic hydroxyl groups is 1. The maximum absolute atomic E-state index is 11.2. The first-order chi connectivity index (χ1) is 10.1. The number of carbonyl (C=O) groups is 1. The second-order valence-corrected chi connectivity index (χ2v) is 5.03. The molecule has 0 saturated carbocycles. The fraction of sp³-hybridized carbons (Fsp3) is 0.400. The predicted molar refractivity (Wildman–Crippen MR) is 81.4 cm³/mol. The van der Waals surface area contributed by atoms with Crippen LogP contribution >= 0.6 is 0 Å². The molecule has 0 bridgehead atoms. The van der Waals surface area contributed by atoms with Crippen molar-refractivity contribution in [1.29, 1.82) is 0 Å². The van der Waals surface area contributed by atoms with E-state index in [0.29, 0.717) is 6.54 Å². The van der Waals surface area contributed by atoms with E-state index in [0.717, 1.165) is 16.7 Å². The second kappa shape index (κ2) is 7.10. The van der Waals surface area contributed by atoms with Crippen molar-refractivity contribution in [2.45, 2.75) is 6.10 Å². The standard InChI is InChI=1S/C15H21N3O3/c1-16-15(20)9-18(2)8-11(19)10-21-14-5-3-4-13-12(14)6-7-17-13/h3-7,11,17,19H,8-10H2,1-2H3,(H,16,20)/t11-/m1/s1. The van der Waals surface area contributed by atoms with Gasteiger partial charge in [-0.05, 0) is 25.2 Å². The van der Waals surface area contributed by atoms with Crippen LogP contribution in [0.5, 0.6) is 5.75 Å². The maximum atomic E-state index is 11.2. The van der Waals surface area contributed by atoms with Crippen LogP contribution in [0.3, 0.4) is 0 Å². The third-order valence-electron chi connectivity index (χ3n) is 3.20. The van der Waals surface area contributed by atoms with E-state index in [1.165, 1.54) is 0 Å². The van der Waals surface area contributed by atoms with Crippen LogP contribution < -0.4 is 10.1 Å². The van der Waals surface area contributed by atoms with Crippen molar-refractivity contribution in [2.75, 3.05) is 33.8 Å². The Labute approximate surface area is 123 Å². The van der Waals surface area contributed by atoms with E-state index in [1.807, 2.05) is 30.5 Å². The van der Waals surface area contributed by atoms with Gasteiger partial charge in [-0.3, -0.25) is 9.69 Å². The number of aromatic amines is 1. The van der Waals surface area contributed by atoms with Gasteiger partial charge in [0.2, 0.25) is 5.91 Å². The zero-order valence-electron chi connectivity index (χ0n) is 12.3. The summed E-state index contributed by atoms with van der Waals surface area (Å²) in [5.41, 5.74) is 0.999. The first kappa shape index (κ1) is 15.3. The van der Waals surface area contributed by atoms with Gasteiger partial charge in [-0.1, -0.05) is 6.07 Å². The van der Waals surface area contributed by atoms with E-state index >= 15 is 0 Å². The van der Waals surface area contributed by atoms with Gasteiger partial charge in [0.15, 0.2) is 0 Å². The highest BCUT2D eigenvalue weighted by Gasteiger charge is 2.12. The first-order valence-corrected chi connectivity index (χ1v) is 6.86. The topological polar surface area (TPSA) is 77.6 Å². The van der Waals surface area contributed by atoms with Gasteiger partial charge in [0.25, 0.3) is 0 Å². The number of fused-ring (bicyclic) bond motifs is 1. The first-order valence-electron chi connectivity index (χ1n) is 6.86. The van der Waals surface area contributed by atoms with Crippen LogP contribution in [0.1, 0.15) is 0 Å². The lowest BCUT2D eigenvalue weighted by atomic mass is 10.2. The molecule has 1 atom stereocenters. The summed E-state index contributed by atoms with van der Waals surface area (Å²) in [5.74, 6) is 0.657. The Morgan fingerprint density at radius 2 is 2.29 bits per heavy atom. The number of amides is 1. The molecule has 3 N–H and O–H groups in total. The molecule has 6 heteroatoms. The molecule has 0 aliphatic heterocycles. The summed E-state index contributed by atoms with van der Waals surface area (Å²) in [4.78, 5) is 16.1. The van der Waals surface area contributed by atoms with Crippen LogP contribution in [0.4, 0.5) is 0 Å². The van der Waals surface area contributed by atoms with Gasteiger partial charge in [-0.15, -0.1) is 0 Å². The number of aliphatic hydroxyl groups excluding tert-OH is 1. The molecule has 0 aliphatic carbocycles. The van der Waals surface area contributed by atoms with Gasteiger partial charge < -0.3 is 20.1 Å². The number of ether oxygens (including phenoxy) is 1. The average Bonchev–Trinajstić information content (AvgIpc) is 2.93. The van der Waals surface area contributed by atoms with Crippen molar-refractivity contribution in [2.24, 2.45) is 0 Å². The molecule has 0 unspecified atom stereocenters. The molecule has 2 aromatic rings. The highest BCUT2D eigenvalue weighted by atomic mass is 16.5. The molecule has 0 fully saturated rings. The molecule has 1 amide bonds. The number of aromatic nitrogens is 1.